The molecule has 0 spiro atoms. The predicted molar refractivity (Wildman–Crippen MR) is 143 cm³/mol. The third-order valence-electron chi connectivity index (χ3n) is 7.53. The van der Waals surface area contributed by atoms with Crippen LogP contribution in [0.4, 0.5) is 0 Å². The van der Waals surface area contributed by atoms with E-state index in [-0.39, 0.29) is 23.2 Å². The van der Waals surface area contributed by atoms with Crippen LogP contribution in [0.1, 0.15) is 12.8 Å². The van der Waals surface area contributed by atoms with Gasteiger partial charge in [-0.25, -0.2) is 4.98 Å². The summed E-state index contributed by atoms with van der Waals surface area (Å²) in [7, 11) is 2.09. The molecule has 0 saturated carbocycles. The van der Waals surface area contributed by atoms with E-state index in [1.165, 1.54) is 0 Å². The fourth-order valence-electron chi connectivity index (χ4n) is 5.34. The highest BCUT2D eigenvalue weighted by Gasteiger charge is 2.25. The molecule has 2 aliphatic heterocycles. The zero-order valence-electron chi connectivity index (χ0n) is 20.2. The first-order valence-corrected chi connectivity index (χ1v) is 12.9. The van der Waals surface area contributed by atoms with E-state index in [0.29, 0.717) is 35.1 Å². The summed E-state index contributed by atoms with van der Waals surface area (Å²) >= 11 is 6.83. The summed E-state index contributed by atoms with van der Waals surface area (Å²) in [6, 6.07) is 15.3. The molecule has 186 valence electrons. The molecule has 36 heavy (non-hydrogen) atoms. The number of hydrogen-bond donors (Lipinski definition) is 2. The minimum atomic E-state index is -0.221. The standard InChI is InChI=1S/C28H29ClN4O3/c1-32-8-4-6-19(32)16-36-27-28(35)33(15-17-13-30-14-17)26-12-24(29)23(11-25(26)31-27)22-10-20(34)9-18-5-2-3-7-21(18)22/h2-3,5,7,9-12,17,19,30,34H,4,6,8,13-16H2,1H3. The lowest BCUT2D eigenvalue weighted by atomic mass is 9.97. The van der Waals surface area contributed by atoms with Crippen molar-refractivity contribution in [2.75, 3.05) is 33.3 Å². The fourth-order valence-corrected chi connectivity index (χ4v) is 5.60. The van der Waals surface area contributed by atoms with Gasteiger partial charge < -0.3 is 24.6 Å². The molecule has 3 aromatic carbocycles. The second-order valence-electron chi connectivity index (χ2n) is 9.98. The van der Waals surface area contributed by atoms with Gasteiger partial charge in [-0.15, -0.1) is 0 Å². The molecular weight excluding hydrogens is 476 g/mol. The molecule has 2 fully saturated rings. The van der Waals surface area contributed by atoms with E-state index in [4.69, 9.17) is 21.3 Å². The van der Waals surface area contributed by atoms with Gasteiger partial charge in [-0.05, 0) is 67.0 Å². The molecule has 1 unspecified atom stereocenters. The molecule has 2 saturated heterocycles. The minimum Gasteiger partial charge on any atom is -0.508 e. The van der Waals surface area contributed by atoms with E-state index in [9.17, 15) is 9.90 Å². The van der Waals surface area contributed by atoms with E-state index in [1.807, 2.05) is 36.4 Å². The summed E-state index contributed by atoms with van der Waals surface area (Å²) in [6.07, 6.45) is 2.19. The Bertz CT molecular complexity index is 1510. The van der Waals surface area contributed by atoms with Crippen molar-refractivity contribution in [3.8, 4) is 22.8 Å². The first-order valence-electron chi connectivity index (χ1n) is 12.5. The SMILES string of the molecule is CN1CCCC1COc1nc2cc(-c3cc(O)cc4ccccc34)c(Cl)cc2n(CC2CNC2)c1=O. The number of ether oxygens (including phenoxy) is 1. The van der Waals surface area contributed by atoms with Crippen LogP contribution in [0.2, 0.25) is 5.02 Å². The smallest absolute Gasteiger partial charge is 0.313 e. The number of benzene rings is 3. The number of rotatable bonds is 6. The molecule has 8 heteroatoms. The van der Waals surface area contributed by atoms with Gasteiger partial charge in [0.1, 0.15) is 12.4 Å². The zero-order chi connectivity index (χ0) is 24.8. The molecule has 6 rings (SSSR count). The predicted octanol–water partition coefficient (Wildman–Crippen LogP) is 4.27. The summed E-state index contributed by atoms with van der Waals surface area (Å²) in [4.78, 5) is 20.5. The van der Waals surface area contributed by atoms with Gasteiger partial charge in [-0.2, -0.15) is 0 Å². The monoisotopic (exact) mass is 504 g/mol. The molecule has 2 N–H and O–H groups in total. The van der Waals surface area contributed by atoms with Crippen molar-refractivity contribution in [3.05, 3.63) is 63.9 Å². The first kappa shape index (κ1) is 23.3. The van der Waals surface area contributed by atoms with E-state index in [0.717, 1.165) is 54.4 Å². The van der Waals surface area contributed by atoms with Crippen molar-refractivity contribution in [1.82, 2.24) is 19.8 Å². The highest BCUT2D eigenvalue weighted by Crippen LogP contribution is 2.38. The largest absolute Gasteiger partial charge is 0.508 e. The van der Waals surface area contributed by atoms with Crippen LogP contribution in [0.5, 0.6) is 11.6 Å². The lowest BCUT2D eigenvalue weighted by Gasteiger charge is -2.28. The Morgan fingerprint density at radius 2 is 2.00 bits per heavy atom. The summed E-state index contributed by atoms with van der Waals surface area (Å²) in [5.41, 5.74) is 2.68. The van der Waals surface area contributed by atoms with Crippen LogP contribution >= 0.6 is 11.6 Å². The molecule has 2 aliphatic rings. The Hall–Kier alpha value is -3.13. The number of likely N-dealkylation sites (tertiary alicyclic amines) is 1. The highest BCUT2D eigenvalue weighted by atomic mass is 35.5. The van der Waals surface area contributed by atoms with E-state index in [1.54, 1.807) is 16.7 Å². The minimum absolute atomic E-state index is 0.129. The van der Waals surface area contributed by atoms with Crippen LogP contribution < -0.4 is 15.6 Å². The molecule has 3 heterocycles. The van der Waals surface area contributed by atoms with Gasteiger partial charge in [0.25, 0.3) is 5.88 Å². The molecule has 0 aliphatic carbocycles. The number of aromatic hydroxyl groups is 1. The third-order valence-corrected chi connectivity index (χ3v) is 7.85. The number of phenols is 1. The molecule has 0 amide bonds. The van der Waals surface area contributed by atoms with Crippen LogP contribution in [0, 0.1) is 5.92 Å². The quantitative estimate of drug-likeness (QED) is 0.408. The molecule has 1 atom stereocenters. The number of nitrogens with zero attached hydrogens (tertiary/aromatic N) is 3. The maximum atomic E-state index is 13.5. The van der Waals surface area contributed by atoms with Crippen LogP contribution in [0.15, 0.2) is 53.3 Å². The Balaban J connectivity index is 1.49. The Labute approximate surface area is 214 Å². The molecule has 4 aromatic rings. The van der Waals surface area contributed by atoms with E-state index < -0.39 is 0 Å². The second-order valence-corrected chi connectivity index (χ2v) is 10.4. The van der Waals surface area contributed by atoms with Gasteiger partial charge in [0, 0.05) is 37.2 Å². The first-order chi connectivity index (χ1) is 17.5. The second kappa shape index (κ2) is 9.39. The van der Waals surface area contributed by atoms with Crippen molar-refractivity contribution in [2.45, 2.75) is 25.4 Å². The number of fused-ring (bicyclic) bond motifs is 2. The molecule has 0 bridgehead atoms. The highest BCUT2D eigenvalue weighted by molar-refractivity contribution is 6.34. The van der Waals surface area contributed by atoms with Gasteiger partial charge in [-0.3, -0.25) is 4.79 Å². The summed E-state index contributed by atoms with van der Waals surface area (Å²) in [5, 5.41) is 16.1. The number of hydrogen-bond acceptors (Lipinski definition) is 6. The molecule has 7 nitrogen and oxygen atoms in total. The van der Waals surface area contributed by atoms with Gasteiger partial charge in [0.2, 0.25) is 0 Å². The van der Waals surface area contributed by atoms with Crippen molar-refractivity contribution in [3.63, 3.8) is 0 Å². The number of aromatic nitrogens is 2. The molecular formula is C28H29ClN4O3. The van der Waals surface area contributed by atoms with Gasteiger partial charge in [0.05, 0.1) is 16.1 Å². The fraction of sp³-hybridized carbons (Fsp3) is 0.357. The average Bonchev–Trinajstić information content (AvgIpc) is 3.25. The number of phenolic OH excluding ortho intramolecular Hbond substituents is 1. The van der Waals surface area contributed by atoms with E-state index in [2.05, 4.69) is 17.3 Å². The Morgan fingerprint density at radius 1 is 1.17 bits per heavy atom. The van der Waals surface area contributed by atoms with Crippen LogP contribution in [0.3, 0.4) is 0 Å². The summed E-state index contributed by atoms with van der Waals surface area (Å²) in [5.74, 6) is 0.666. The molecule has 0 radical (unpaired) electrons. The van der Waals surface area contributed by atoms with Crippen molar-refractivity contribution < 1.29 is 9.84 Å². The molecule has 1 aromatic heterocycles. The van der Waals surface area contributed by atoms with Crippen LogP contribution in [-0.4, -0.2) is 58.9 Å². The van der Waals surface area contributed by atoms with Crippen LogP contribution in [-0.2, 0) is 6.54 Å². The maximum absolute atomic E-state index is 13.5. The van der Waals surface area contributed by atoms with Crippen molar-refractivity contribution in [2.24, 2.45) is 5.92 Å². The average molecular weight is 505 g/mol. The van der Waals surface area contributed by atoms with Gasteiger partial charge in [0.15, 0.2) is 0 Å². The number of halogens is 1. The normalized spacial score (nSPS) is 18.7. The van der Waals surface area contributed by atoms with Crippen LogP contribution in [0.25, 0.3) is 32.9 Å². The summed E-state index contributed by atoms with van der Waals surface area (Å²) in [6.45, 7) is 3.81. The summed E-state index contributed by atoms with van der Waals surface area (Å²) < 4.78 is 7.83. The van der Waals surface area contributed by atoms with Gasteiger partial charge >= 0.3 is 5.56 Å². The number of nitrogens with one attached hydrogen (secondary N) is 1. The lowest BCUT2D eigenvalue weighted by Crippen LogP contribution is -2.45. The Morgan fingerprint density at radius 3 is 2.75 bits per heavy atom. The zero-order valence-corrected chi connectivity index (χ0v) is 21.0. The van der Waals surface area contributed by atoms with Crippen molar-refractivity contribution in [1.29, 1.82) is 0 Å². The van der Waals surface area contributed by atoms with E-state index >= 15 is 0 Å². The Kier molecular flexibility index (Phi) is 6.07. The maximum Gasteiger partial charge on any atom is 0.313 e. The topological polar surface area (TPSA) is 79.6 Å². The van der Waals surface area contributed by atoms with Crippen molar-refractivity contribution >= 4 is 33.4 Å². The lowest BCUT2D eigenvalue weighted by molar-refractivity contribution is 0.190. The number of likely N-dealkylation sites (N-methyl/N-ethyl adjacent to an activating group) is 1. The third kappa shape index (κ3) is 4.21. The van der Waals surface area contributed by atoms with Gasteiger partial charge in [-0.1, -0.05) is 35.9 Å².